The molecular weight excluding hydrogens is 226 g/mol. The summed E-state index contributed by atoms with van der Waals surface area (Å²) in [6.45, 7) is 7.75. The number of aromatic nitrogens is 2. The van der Waals surface area contributed by atoms with Gasteiger partial charge in [-0.05, 0) is 32.3 Å². The average Bonchev–Trinajstić information content (AvgIpc) is 2.39. The Labute approximate surface area is 108 Å². The summed E-state index contributed by atoms with van der Waals surface area (Å²) >= 11 is 0. The fourth-order valence-electron chi connectivity index (χ4n) is 2.69. The third kappa shape index (κ3) is 2.70. The van der Waals surface area contributed by atoms with Crippen LogP contribution < -0.4 is 4.90 Å². The predicted octanol–water partition coefficient (Wildman–Crippen LogP) is 1.94. The van der Waals surface area contributed by atoms with Crippen LogP contribution in [0.1, 0.15) is 25.1 Å². The molecule has 1 fully saturated rings. The van der Waals surface area contributed by atoms with Gasteiger partial charge < -0.3 is 10.0 Å². The van der Waals surface area contributed by atoms with E-state index in [1.54, 1.807) is 6.20 Å². The van der Waals surface area contributed by atoms with Gasteiger partial charge in [-0.15, -0.1) is 6.58 Å². The Kier molecular flexibility index (Phi) is 3.97. The smallest absolute Gasteiger partial charge is 0.132 e. The molecule has 1 aromatic heterocycles. The summed E-state index contributed by atoms with van der Waals surface area (Å²) in [7, 11) is 0. The van der Waals surface area contributed by atoms with Crippen LogP contribution in [-0.4, -0.2) is 34.8 Å². The number of allylic oxidation sites excluding steroid dienone is 1. The van der Waals surface area contributed by atoms with Crippen LogP contribution in [0, 0.1) is 12.3 Å². The largest absolute Gasteiger partial charge is 0.396 e. The molecule has 1 aromatic rings. The second kappa shape index (κ2) is 5.48. The van der Waals surface area contributed by atoms with E-state index in [9.17, 15) is 5.11 Å². The van der Waals surface area contributed by atoms with E-state index in [1.165, 1.54) is 0 Å². The number of aliphatic hydroxyl groups excluding tert-OH is 1. The Hall–Kier alpha value is -1.42. The van der Waals surface area contributed by atoms with Gasteiger partial charge in [-0.1, -0.05) is 6.08 Å². The first-order chi connectivity index (χ1) is 8.69. The van der Waals surface area contributed by atoms with Crippen molar-refractivity contribution in [1.82, 2.24) is 9.97 Å². The Morgan fingerprint density at radius 3 is 3.11 bits per heavy atom. The summed E-state index contributed by atoms with van der Waals surface area (Å²) in [6, 6.07) is 1.94. The molecule has 1 aliphatic heterocycles. The zero-order valence-corrected chi connectivity index (χ0v) is 11.0. The van der Waals surface area contributed by atoms with Gasteiger partial charge in [0.2, 0.25) is 0 Å². The SMILES string of the molecule is C=CCC1(CO)CCCN(c2ccnc(C)n2)C1. The van der Waals surface area contributed by atoms with E-state index >= 15 is 0 Å². The quantitative estimate of drug-likeness (QED) is 0.826. The Balaban J connectivity index is 2.17. The number of hydrogen-bond donors (Lipinski definition) is 1. The van der Waals surface area contributed by atoms with E-state index in [1.807, 2.05) is 19.1 Å². The van der Waals surface area contributed by atoms with E-state index in [-0.39, 0.29) is 12.0 Å². The van der Waals surface area contributed by atoms with E-state index in [4.69, 9.17) is 0 Å². The molecule has 98 valence electrons. The molecule has 4 nitrogen and oxygen atoms in total. The van der Waals surface area contributed by atoms with Crippen LogP contribution in [0.25, 0.3) is 0 Å². The van der Waals surface area contributed by atoms with Gasteiger partial charge >= 0.3 is 0 Å². The highest BCUT2D eigenvalue weighted by molar-refractivity contribution is 5.38. The van der Waals surface area contributed by atoms with Gasteiger partial charge in [0.05, 0.1) is 6.61 Å². The Morgan fingerprint density at radius 2 is 2.44 bits per heavy atom. The second-order valence-electron chi connectivity index (χ2n) is 5.14. The summed E-state index contributed by atoms with van der Waals surface area (Å²) in [6.07, 6.45) is 6.68. The number of nitrogens with zero attached hydrogens (tertiary/aromatic N) is 3. The van der Waals surface area contributed by atoms with Gasteiger partial charge in [0.25, 0.3) is 0 Å². The van der Waals surface area contributed by atoms with Gasteiger partial charge in [0, 0.05) is 24.7 Å². The molecule has 0 spiro atoms. The van der Waals surface area contributed by atoms with Crippen LogP contribution in [0.15, 0.2) is 24.9 Å². The molecule has 18 heavy (non-hydrogen) atoms. The monoisotopic (exact) mass is 247 g/mol. The van der Waals surface area contributed by atoms with Crippen molar-refractivity contribution in [1.29, 1.82) is 0 Å². The minimum absolute atomic E-state index is 0.0567. The third-order valence-corrected chi connectivity index (χ3v) is 3.66. The van der Waals surface area contributed by atoms with Crippen LogP contribution in [-0.2, 0) is 0 Å². The maximum atomic E-state index is 9.68. The topological polar surface area (TPSA) is 49.2 Å². The zero-order valence-electron chi connectivity index (χ0n) is 11.0. The van der Waals surface area contributed by atoms with Gasteiger partial charge in [-0.25, -0.2) is 9.97 Å². The Morgan fingerprint density at radius 1 is 1.61 bits per heavy atom. The van der Waals surface area contributed by atoms with E-state index in [0.717, 1.165) is 44.0 Å². The minimum Gasteiger partial charge on any atom is -0.396 e. The lowest BCUT2D eigenvalue weighted by Gasteiger charge is -2.42. The molecule has 1 atom stereocenters. The highest BCUT2D eigenvalue weighted by atomic mass is 16.3. The summed E-state index contributed by atoms with van der Waals surface area (Å²) in [4.78, 5) is 10.8. The van der Waals surface area contributed by atoms with Crippen LogP contribution in [0.3, 0.4) is 0 Å². The number of rotatable bonds is 4. The number of piperidine rings is 1. The maximum Gasteiger partial charge on any atom is 0.132 e. The van der Waals surface area contributed by atoms with Crippen molar-refractivity contribution in [2.75, 3.05) is 24.6 Å². The lowest BCUT2D eigenvalue weighted by molar-refractivity contribution is 0.108. The summed E-state index contributed by atoms with van der Waals surface area (Å²) in [5.41, 5.74) is -0.0567. The van der Waals surface area contributed by atoms with Gasteiger partial charge in [0.15, 0.2) is 0 Å². The number of anilines is 1. The van der Waals surface area contributed by atoms with Crippen molar-refractivity contribution in [2.45, 2.75) is 26.2 Å². The average molecular weight is 247 g/mol. The summed E-state index contributed by atoms with van der Waals surface area (Å²) in [5.74, 6) is 1.75. The third-order valence-electron chi connectivity index (χ3n) is 3.66. The van der Waals surface area contributed by atoms with Crippen LogP contribution in [0.2, 0.25) is 0 Å². The maximum absolute atomic E-state index is 9.68. The molecule has 1 aliphatic rings. The van der Waals surface area contributed by atoms with Crippen molar-refractivity contribution >= 4 is 5.82 Å². The first-order valence-electron chi connectivity index (χ1n) is 6.45. The van der Waals surface area contributed by atoms with Crippen molar-refractivity contribution in [3.8, 4) is 0 Å². The van der Waals surface area contributed by atoms with Crippen LogP contribution in [0.5, 0.6) is 0 Å². The highest BCUT2D eigenvalue weighted by Crippen LogP contribution is 2.34. The highest BCUT2D eigenvalue weighted by Gasteiger charge is 2.34. The van der Waals surface area contributed by atoms with Gasteiger partial charge in [-0.3, -0.25) is 0 Å². The number of hydrogen-bond acceptors (Lipinski definition) is 4. The number of aryl methyl sites for hydroxylation is 1. The van der Waals surface area contributed by atoms with Crippen LogP contribution >= 0.6 is 0 Å². The first-order valence-corrected chi connectivity index (χ1v) is 6.45. The summed E-state index contributed by atoms with van der Waals surface area (Å²) < 4.78 is 0. The van der Waals surface area contributed by atoms with Crippen molar-refractivity contribution in [3.63, 3.8) is 0 Å². The molecule has 0 aromatic carbocycles. The molecule has 2 heterocycles. The van der Waals surface area contributed by atoms with Crippen LogP contribution in [0.4, 0.5) is 5.82 Å². The van der Waals surface area contributed by atoms with E-state index in [0.29, 0.717) is 0 Å². The normalized spacial score (nSPS) is 24.0. The van der Waals surface area contributed by atoms with Gasteiger partial charge in [0.1, 0.15) is 11.6 Å². The summed E-state index contributed by atoms with van der Waals surface area (Å²) in [5, 5.41) is 9.68. The molecule has 2 rings (SSSR count). The van der Waals surface area contributed by atoms with E-state index < -0.39 is 0 Å². The predicted molar refractivity (Wildman–Crippen MR) is 72.5 cm³/mol. The molecule has 1 N–H and O–H groups in total. The molecule has 1 saturated heterocycles. The lowest BCUT2D eigenvalue weighted by Crippen LogP contribution is -2.45. The molecule has 0 saturated carbocycles. The molecule has 0 radical (unpaired) electrons. The fourth-order valence-corrected chi connectivity index (χ4v) is 2.69. The van der Waals surface area contributed by atoms with Crippen molar-refractivity contribution in [2.24, 2.45) is 5.41 Å². The molecule has 0 bridgehead atoms. The Bertz CT molecular complexity index is 421. The molecule has 4 heteroatoms. The van der Waals surface area contributed by atoms with E-state index in [2.05, 4.69) is 21.4 Å². The number of aliphatic hydroxyl groups is 1. The van der Waals surface area contributed by atoms with Gasteiger partial charge in [-0.2, -0.15) is 0 Å². The molecule has 1 unspecified atom stereocenters. The fraction of sp³-hybridized carbons (Fsp3) is 0.571. The molecular formula is C14H21N3O. The first kappa shape index (κ1) is 13.0. The standard InChI is InChI=1S/C14H21N3O/c1-3-6-14(11-18)7-4-9-17(10-14)13-5-8-15-12(2)16-13/h3,5,8,18H,1,4,6-7,9-11H2,2H3. The van der Waals surface area contributed by atoms with Crippen molar-refractivity contribution in [3.05, 3.63) is 30.7 Å². The second-order valence-corrected chi connectivity index (χ2v) is 5.14. The molecule has 0 amide bonds. The minimum atomic E-state index is -0.0567. The lowest BCUT2D eigenvalue weighted by atomic mass is 9.78. The zero-order chi connectivity index (χ0) is 13.0. The van der Waals surface area contributed by atoms with Crippen molar-refractivity contribution < 1.29 is 5.11 Å². The molecule has 0 aliphatic carbocycles.